The molecule has 6 aromatic rings. The van der Waals surface area contributed by atoms with Crippen LogP contribution in [0.3, 0.4) is 0 Å². The zero-order valence-corrected chi connectivity index (χ0v) is 17.6. The number of rotatable bonds is 0. The first-order valence-corrected chi connectivity index (χ1v) is 10.9. The Morgan fingerprint density at radius 1 is 0.781 bits per heavy atom. The van der Waals surface area contributed by atoms with E-state index in [1.54, 1.807) is 0 Å². The number of aromatic nitrogens is 2. The van der Waals surface area contributed by atoms with Crippen LogP contribution in [0.2, 0.25) is 0 Å². The minimum Gasteiger partial charge on any atom is -0.248 e. The van der Waals surface area contributed by atoms with Crippen molar-refractivity contribution in [2.45, 2.75) is 0 Å². The Morgan fingerprint density at radius 2 is 1.31 bits per heavy atom. The first kappa shape index (κ1) is 18.2. The standard InChI is InChI=1S/C24H6N6S2/c1-28-18(10-27)24-30-17-7-12-2-4-14-19-11(3-5-15(20(12)19)22(17)32-24)6-16-21(14)31-23(29-16)13(8-25)9-26/h2-7H/b24-18+. The van der Waals surface area contributed by atoms with Crippen LogP contribution in [0.15, 0.2) is 36.4 Å². The summed E-state index contributed by atoms with van der Waals surface area (Å²) in [6.45, 7) is 7.24. The summed E-state index contributed by atoms with van der Waals surface area (Å²) in [7, 11) is 0. The molecule has 0 unspecified atom stereocenters. The van der Waals surface area contributed by atoms with Crippen LogP contribution in [-0.2, 0) is 0 Å². The van der Waals surface area contributed by atoms with Gasteiger partial charge in [-0.15, -0.1) is 22.7 Å². The van der Waals surface area contributed by atoms with E-state index in [1.807, 2.05) is 54.6 Å². The average Bonchev–Trinajstić information content (AvgIpc) is 3.42. The molecule has 0 saturated carbocycles. The molecular weight excluding hydrogens is 436 g/mol. The molecular formula is C24H6N6S2. The molecule has 2 aromatic heterocycles. The minimum atomic E-state index is -0.00581. The highest BCUT2D eigenvalue weighted by molar-refractivity contribution is 7.18. The lowest BCUT2D eigenvalue weighted by molar-refractivity contribution is 1.40. The summed E-state index contributed by atoms with van der Waals surface area (Å²) in [6, 6.07) is 17.9. The second-order valence-electron chi connectivity index (χ2n) is 7.08. The maximum absolute atomic E-state index is 9.25. The Hall–Kier alpha value is -4.60. The molecule has 0 aliphatic carbocycles. The van der Waals surface area contributed by atoms with Crippen LogP contribution >= 0.6 is 22.7 Å². The van der Waals surface area contributed by atoms with Gasteiger partial charge in [-0.1, -0.05) is 24.3 Å². The smallest absolute Gasteiger partial charge is 0.248 e. The van der Waals surface area contributed by atoms with Crippen LogP contribution in [0.1, 0.15) is 0 Å². The summed E-state index contributed by atoms with van der Waals surface area (Å²) in [4.78, 5) is 12.4. The van der Waals surface area contributed by atoms with E-state index in [4.69, 9.17) is 6.57 Å². The van der Waals surface area contributed by atoms with Gasteiger partial charge in [-0.2, -0.15) is 10.5 Å². The first-order valence-electron chi connectivity index (χ1n) is 9.31. The molecule has 4 aromatic carbocycles. The number of thiazole rings is 2. The van der Waals surface area contributed by atoms with Crippen LogP contribution in [-0.4, -0.2) is 9.97 Å². The minimum absolute atomic E-state index is 0.00581. The second kappa shape index (κ2) is 6.45. The van der Waals surface area contributed by atoms with E-state index < -0.39 is 0 Å². The van der Waals surface area contributed by atoms with Crippen molar-refractivity contribution in [3.05, 3.63) is 57.1 Å². The largest absolute Gasteiger partial charge is 0.296 e. The number of hydrogen-bond donors (Lipinski definition) is 0. The van der Waals surface area contributed by atoms with Crippen LogP contribution in [0.4, 0.5) is 0 Å². The van der Waals surface area contributed by atoms with E-state index in [1.165, 1.54) is 22.7 Å². The molecule has 0 fully saturated rings. The molecule has 144 valence electrons. The highest BCUT2D eigenvalue weighted by Crippen LogP contribution is 2.41. The number of nitrogens with zero attached hydrogens (tertiary/aromatic N) is 6. The topological polar surface area (TPSA) is 102 Å². The van der Waals surface area contributed by atoms with Gasteiger partial charge in [0.15, 0.2) is 5.57 Å². The third-order valence-corrected chi connectivity index (χ3v) is 7.70. The van der Waals surface area contributed by atoms with Crippen molar-refractivity contribution in [3.63, 3.8) is 0 Å². The van der Waals surface area contributed by atoms with E-state index in [0.717, 1.165) is 52.8 Å². The van der Waals surface area contributed by atoms with Gasteiger partial charge in [0.25, 0.3) is 5.70 Å². The molecule has 0 saturated heterocycles. The molecule has 0 bridgehead atoms. The second-order valence-corrected chi connectivity index (χ2v) is 9.08. The third kappa shape index (κ3) is 2.28. The van der Waals surface area contributed by atoms with Gasteiger partial charge in [0.05, 0.1) is 33.1 Å². The monoisotopic (exact) mass is 442 g/mol. The van der Waals surface area contributed by atoms with Crippen molar-refractivity contribution < 1.29 is 0 Å². The molecule has 6 rings (SSSR count). The third-order valence-electron chi connectivity index (χ3n) is 5.46. The van der Waals surface area contributed by atoms with Gasteiger partial charge >= 0.3 is 0 Å². The van der Waals surface area contributed by atoms with Crippen molar-refractivity contribution in [1.29, 1.82) is 15.8 Å². The Bertz CT molecular complexity index is 1900. The van der Waals surface area contributed by atoms with E-state index in [2.05, 4.69) is 14.8 Å². The summed E-state index contributed by atoms with van der Waals surface area (Å²) in [5.41, 5.74) is 1.53. The molecule has 6 nitrogen and oxygen atoms in total. The van der Waals surface area contributed by atoms with Crippen molar-refractivity contribution in [1.82, 2.24) is 9.97 Å². The summed E-state index contributed by atoms with van der Waals surface area (Å²) < 4.78 is 2.72. The van der Waals surface area contributed by atoms with Crippen molar-refractivity contribution in [3.8, 4) is 18.2 Å². The molecule has 0 N–H and O–H groups in total. The Labute approximate surface area is 187 Å². The zero-order chi connectivity index (χ0) is 22.0. The van der Waals surface area contributed by atoms with Crippen molar-refractivity contribution in [2.24, 2.45) is 0 Å². The quantitative estimate of drug-likeness (QED) is 0.254. The number of benzene rings is 4. The fourth-order valence-electron chi connectivity index (χ4n) is 4.16. The molecule has 0 radical (unpaired) electrons. The van der Waals surface area contributed by atoms with Crippen LogP contribution in [0.5, 0.6) is 0 Å². The SMILES string of the molecule is [C-]#[N+]/C(C#N)=c1\nc2cc3ccc4c5sc(=C(C#N)C#N)nc5cc5ccc(c2s1)c3c54. The zero-order valence-electron chi connectivity index (χ0n) is 16.0. The Balaban J connectivity index is 1.84. The predicted molar refractivity (Wildman–Crippen MR) is 126 cm³/mol. The van der Waals surface area contributed by atoms with Gasteiger partial charge < -0.3 is 0 Å². The molecule has 0 aliphatic rings. The van der Waals surface area contributed by atoms with E-state index in [-0.39, 0.29) is 11.3 Å². The number of nitriles is 3. The molecule has 32 heavy (non-hydrogen) atoms. The summed E-state index contributed by atoms with van der Waals surface area (Å²) in [5, 5.41) is 34.0. The highest BCUT2D eigenvalue weighted by atomic mass is 32.1. The lowest BCUT2D eigenvalue weighted by Gasteiger charge is -2.11. The fraction of sp³-hybridized carbons (Fsp3) is 0. The van der Waals surface area contributed by atoms with E-state index >= 15 is 0 Å². The van der Waals surface area contributed by atoms with Gasteiger partial charge in [-0.3, -0.25) is 0 Å². The van der Waals surface area contributed by atoms with Crippen molar-refractivity contribution in [2.75, 3.05) is 0 Å². The molecule has 8 heteroatoms. The van der Waals surface area contributed by atoms with E-state index in [9.17, 15) is 15.8 Å². The molecule has 0 amide bonds. The van der Waals surface area contributed by atoms with Crippen molar-refractivity contribution >= 4 is 86.7 Å². The number of hydrogen-bond acceptors (Lipinski definition) is 7. The maximum atomic E-state index is 9.25. The van der Waals surface area contributed by atoms with E-state index in [0.29, 0.717) is 9.33 Å². The summed E-state index contributed by atoms with van der Waals surface area (Å²) in [5.74, 6) is 0. The summed E-state index contributed by atoms with van der Waals surface area (Å²) >= 11 is 2.70. The number of fused-ring (bicyclic) bond motifs is 4. The van der Waals surface area contributed by atoms with Gasteiger partial charge in [0, 0.05) is 10.8 Å². The predicted octanol–water partition coefficient (Wildman–Crippen LogP) is 4.55. The fourth-order valence-corrected chi connectivity index (χ4v) is 6.19. The van der Waals surface area contributed by atoms with Crippen LogP contribution < -0.4 is 9.33 Å². The van der Waals surface area contributed by atoms with Crippen LogP contribution in [0.25, 0.3) is 68.9 Å². The molecule has 0 spiro atoms. The Morgan fingerprint density at radius 3 is 1.81 bits per heavy atom. The van der Waals surface area contributed by atoms with Gasteiger partial charge in [-0.25, -0.2) is 20.1 Å². The lowest BCUT2D eigenvalue weighted by Crippen LogP contribution is -2.00. The average molecular weight is 442 g/mol. The Kier molecular flexibility index (Phi) is 3.66. The maximum Gasteiger partial charge on any atom is 0.296 e. The molecule has 0 atom stereocenters. The molecule has 2 heterocycles. The highest BCUT2D eigenvalue weighted by Gasteiger charge is 2.17. The van der Waals surface area contributed by atoms with Gasteiger partial charge in [-0.05, 0) is 33.7 Å². The molecule has 0 aliphatic heterocycles. The lowest BCUT2D eigenvalue weighted by atomic mass is 9.94. The van der Waals surface area contributed by atoms with Gasteiger partial charge in [0.1, 0.15) is 21.5 Å². The normalized spacial score (nSPS) is 12.1. The van der Waals surface area contributed by atoms with Gasteiger partial charge in [0.2, 0.25) is 0 Å². The summed E-state index contributed by atoms with van der Waals surface area (Å²) in [6.07, 6.45) is 0. The first-order chi connectivity index (χ1) is 15.7. The van der Waals surface area contributed by atoms with Crippen LogP contribution in [0, 0.1) is 40.6 Å².